The molecule has 1 aliphatic carbocycles. The third-order valence-electron chi connectivity index (χ3n) is 4.05. The highest BCUT2D eigenvalue weighted by Gasteiger charge is 2.37. The molecule has 0 aromatic heterocycles. The predicted molar refractivity (Wildman–Crippen MR) is 68.0 cm³/mol. The maximum absolute atomic E-state index is 10.1. The van der Waals surface area contributed by atoms with Crippen LogP contribution in [0, 0.1) is 5.92 Å². The van der Waals surface area contributed by atoms with Gasteiger partial charge in [-0.3, -0.25) is 0 Å². The van der Waals surface area contributed by atoms with Gasteiger partial charge < -0.3 is 14.7 Å². The van der Waals surface area contributed by atoms with E-state index in [2.05, 4.69) is 23.1 Å². The number of hydrogen-bond acceptors (Lipinski definition) is 3. The van der Waals surface area contributed by atoms with Gasteiger partial charge in [0, 0.05) is 24.0 Å². The Bertz CT molecular complexity index is 551. The Morgan fingerprint density at radius 2 is 2.28 bits per heavy atom. The van der Waals surface area contributed by atoms with Gasteiger partial charge in [-0.1, -0.05) is 12.2 Å². The zero-order valence-corrected chi connectivity index (χ0v) is 10.0. The molecule has 0 aromatic rings. The van der Waals surface area contributed by atoms with Crippen LogP contribution in [-0.2, 0) is 4.74 Å². The van der Waals surface area contributed by atoms with Crippen molar-refractivity contribution in [1.82, 2.24) is 4.90 Å². The SMILES string of the molecule is OC1C=CN2CC3=C(OC=CC3)C3CC=CC1=C32. The highest BCUT2D eigenvalue weighted by atomic mass is 16.5. The molecule has 2 atom stereocenters. The molecule has 3 aliphatic heterocycles. The van der Waals surface area contributed by atoms with Gasteiger partial charge in [0.1, 0.15) is 11.9 Å². The normalized spacial score (nSPS) is 32.4. The van der Waals surface area contributed by atoms with Gasteiger partial charge in [0.05, 0.1) is 12.2 Å². The summed E-state index contributed by atoms with van der Waals surface area (Å²) in [6, 6.07) is 0. The van der Waals surface area contributed by atoms with E-state index in [0.717, 1.165) is 30.7 Å². The summed E-state index contributed by atoms with van der Waals surface area (Å²) in [6.45, 7) is 0.881. The first-order valence-corrected chi connectivity index (χ1v) is 6.42. The molecule has 0 radical (unpaired) electrons. The maximum Gasteiger partial charge on any atom is 0.114 e. The Morgan fingerprint density at radius 1 is 1.33 bits per heavy atom. The summed E-state index contributed by atoms with van der Waals surface area (Å²) in [5, 5.41) is 10.1. The molecule has 3 heteroatoms. The third-order valence-corrected chi connectivity index (χ3v) is 4.05. The fraction of sp³-hybridized carbons (Fsp3) is 0.333. The van der Waals surface area contributed by atoms with Gasteiger partial charge in [-0.05, 0) is 30.6 Å². The molecular formula is C15H15NO2. The molecule has 3 nitrogen and oxygen atoms in total. The minimum absolute atomic E-state index is 0.276. The van der Waals surface area contributed by atoms with Crippen molar-refractivity contribution < 1.29 is 9.84 Å². The summed E-state index contributed by atoms with van der Waals surface area (Å²) in [6.07, 6.45) is 13.4. The molecule has 1 N–H and O–H groups in total. The van der Waals surface area contributed by atoms with Crippen LogP contribution in [0.25, 0.3) is 0 Å². The smallest absolute Gasteiger partial charge is 0.114 e. The van der Waals surface area contributed by atoms with Crippen LogP contribution in [0.5, 0.6) is 0 Å². The summed E-state index contributed by atoms with van der Waals surface area (Å²) < 4.78 is 5.75. The van der Waals surface area contributed by atoms with E-state index in [4.69, 9.17) is 4.74 Å². The Hall–Kier alpha value is -1.74. The van der Waals surface area contributed by atoms with Crippen molar-refractivity contribution in [3.05, 3.63) is 59.4 Å². The van der Waals surface area contributed by atoms with Gasteiger partial charge >= 0.3 is 0 Å². The zero-order valence-electron chi connectivity index (χ0n) is 10.0. The van der Waals surface area contributed by atoms with Crippen LogP contribution >= 0.6 is 0 Å². The Balaban J connectivity index is 1.86. The van der Waals surface area contributed by atoms with Crippen molar-refractivity contribution in [1.29, 1.82) is 0 Å². The minimum Gasteiger partial charge on any atom is -0.469 e. The van der Waals surface area contributed by atoms with Crippen molar-refractivity contribution >= 4 is 0 Å². The molecule has 0 spiro atoms. The molecule has 92 valence electrons. The third kappa shape index (κ3) is 1.28. The lowest BCUT2D eigenvalue weighted by molar-refractivity contribution is 0.213. The van der Waals surface area contributed by atoms with E-state index in [1.165, 1.54) is 11.3 Å². The summed E-state index contributed by atoms with van der Waals surface area (Å²) >= 11 is 0. The molecule has 0 amide bonds. The van der Waals surface area contributed by atoms with Gasteiger partial charge in [0.15, 0.2) is 0 Å². The van der Waals surface area contributed by atoms with Gasteiger partial charge in [-0.15, -0.1) is 0 Å². The number of allylic oxidation sites excluding steroid dienone is 2. The molecule has 3 heterocycles. The van der Waals surface area contributed by atoms with E-state index >= 15 is 0 Å². The number of ether oxygens (including phenoxy) is 1. The lowest BCUT2D eigenvalue weighted by atomic mass is 9.81. The molecule has 0 saturated carbocycles. The molecule has 18 heavy (non-hydrogen) atoms. The van der Waals surface area contributed by atoms with Gasteiger partial charge in [-0.2, -0.15) is 0 Å². The number of rotatable bonds is 0. The predicted octanol–water partition coefficient (Wildman–Crippen LogP) is 2.21. The maximum atomic E-state index is 10.1. The van der Waals surface area contributed by atoms with Crippen LogP contribution in [0.15, 0.2) is 59.4 Å². The van der Waals surface area contributed by atoms with E-state index in [-0.39, 0.29) is 5.92 Å². The van der Waals surface area contributed by atoms with E-state index in [1.54, 1.807) is 6.26 Å². The minimum atomic E-state index is -0.475. The molecule has 4 aliphatic rings. The largest absolute Gasteiger partial charge is 0.469 e. The fourth-order valence-electron chi connectivity index (χ4n) is 3.26. The highest BCUT2D eigenvalue weighted by Crippen LogP contribution is 2.44. The molecular weight excluding hydrogens is 226 g/mol. The number of nitrogens with zero attached hydrogens (tertiary/aromatic N) is 1. The molecule has 0 fully saturated rings. The summed E-state index contributed by atoms with van der Waals surface area (Å²) in [5.74, 6) is 1.38. The number of aliphatic hydroxyl groups is 1. The van der Waals surface area contributed by atoms with Gasteiger partial charge in [0.25, 0.3) is 0 Å². The fourth-order valence-corrected chi connectivity index (χ4v) is 3.26. The monoisotopic (exact) mass is 241 g/mol. The van der Waals surface area contributed by atoms with Crippen LogP contribution in [-0.4, -0.2) is 22.7 Å². The average molecular weight is 241 g/mol. The van der Waals surface area contributed by atoms with Crippen molar-refractivity contribution in [3.63, 3.8) is 0 Å². The Kier molecular flexibility index (Phi) is 2.06. The highest BCUT2D eigenvalue weighted by molar-refractivity contribution is 5.46. The second-order valence-corrected chi connectivity index (χ2v) is 5.11. The summed E-state index contributed by atoms with van der Waals surface area (Å²) in [4.78, 5) is 2.26. The first kappa shape index (κ1) is 10.2. The number of hydrogen-bond donors (Lipinski definition) is 1. The standard InChI is InChI=1S/C15H15NO2/c17-13-6-7-16-9-10-3-2-8-18-15(10)12-5-1-4-11(13)14(12)16/h1-2,4,6-8,12-13,17H,3,5,9H2. The first-order chi connectivity index (χ1) is 8.84. The van der Waals surface area contributed by atoms with E-state index < -0.39 is 6.10 Å². The number of aliphatic hydroxyl groups excluding tert-OH is 1. The summed E-state index contributed by atoms with van der Waals surface area (Å²) in [5.41, 5.74) is 3.61. The molecule has 0 bridgehead atoms. The van der Waals surface area contributed by atoms with Gasteiger partial charge in [0.2, 0.25) is 0 Å². The van der Waals surface area contributed by atoms with Crippen molar-refractivity contribution in [2.24, 2.45) is 5.92 Å². The second kappa shape index (κ2) is 3.62. The second-order valence-electron chi connectivity index (χ2n) is 5.11. The van der Waals surface area contributed by atoms with Gasteiger partial charge in [-0.25, -0.2) is 0 Å². The molecule has 2 unspecified atom stereocenters. The topological polar surface area (TPSA) is 32.7 Å². The van der Waals surface area contributed by atoms with E-state index in [1.807, 2.05) is 12.3 Å². The Labute approximate surface area is 106 Å². The van der Waals surface area contributed by atoms with Crippen molar-refractivity contribution in [2.75, 3.05) is 6.54 Å². The zero-order chi connectivity index (χ0) is 12.1. The molecule has 0 aromatic carbocycles. The van der Waals surface area contributed by atoms with Crippen LogP contribution in [0.4, 0.5) is 0 Å². The summed E-state index contributed by atoms with van der Waals surface area (Å²) in [7, 11) is 0. The van der Waals surface area contributed by atoms with Crippen LogP contribution in [0.2, 0.25) is 0 Å². The molecule has 0 saturated heterocycles. The van der Waals surface area contributed by atoms with Crippen molar-refractivity contribution in [2.45, 2.75) is 18.9 Å². The van der Waals surface area contributed by atoms with Crippen LogP contribution in [0.3, 0.4) is 0 Å². The first-order valence-electron chi connectivity index (χ1n) is 6.42. The Morgan fingerprint density at radius 3 is 3.22 bits per heavy atom. The van der Waals surface area contributed by atoms with E-state index in [0.29, 0.717) is 0 Å². The number of fused-ring (bicyclic) bond motifs is 1. The van der Waals surface area contributed by atoms with E-state index in [9.17, 15) is 5.11 Å². The molecule has 4 rings (SSSR count). The van der Waals surface area contributed by atoms with Crippen LogP contribution in [0.1, 0.15) is 12.8 Å². The average Bonchev–Trinajstić information content (AvgIpc) is 2.43. The lowest BCUT2D eigenvalue weighted by Crippen LogP contribution is -2.38. The quantitative estimate of drug-likeness (QED) is 0.705. The lowest BCUT2D eigenvalue weighted by Gasteiger charge is -2.43. The van der Waals surface area contributed by atoms with Crippen LogP contribution < -0.4 is 0 Å². The van der Waals surface area contributed by atoms with Crippen molar-refractivity contribution in [3.8, 4) is 0 Å².